The Morgan fingerprint density at radius 3 is 2.10 bits per heavy atom. The lowest BCUT2D eigenvalue weighted by molar-refractivity contribution is 0.704. The summed E-state index contributed by atoms with van der Waals surface area (Å²) >= 11 is 0. The summed E-state index contributed by atoms with van der Waals surface area (Å²) < 4.78 is 0. The number of hydrogen-bond donors (Lipinski definition) is 1. The second-order valence-electron chi connectivity index (χ2n) is 5.53. The molecule has 0 aliphatic rings. The maximum Gasteiger partial charge on any atom is 0.0298 e. The maximum absolute atomic E-state index is 6.29. The van der Waals surface area contributed by atoms with Crippen LogP contribution in [0.3, 0.4) is 0 Å². The highest BCUT2D eigenvalue weighted by Crippen LogP contribution is 2.37. The molecule has 0 amide bonds. The zero-order valence-electron chi connectivity index (χ0n) is 11.6. The van der Waals surface area contributed by atoms with E-state index >= 15 is 0 Å². The van der Waals surface area contributed by atoms with Crippen molar-refractivity contribution in [3.05, 3.63) is 60.2 Å². The molecule has 0 bridgehead atoms. The van der Waals surface area contributed by atoms with Crippen molar-refractivity contribution in [3.8, 4) is 0 Å². The Balaban J connectivity index is 2.26. The molecule has 0 fully saturated rings. The summed E-state index contributed by atoms with van der Waals surface area (Å²) in [6, 6.07) is 19.9. The standard InChI is InChI=1S/C19H17N/c1-2-17(20)15-10-8-14-7-6-12-4-3-5-13-9-11-16(15)19(14)18(12)13/h3-11,17H,2,20H2,1H3/t17-/m0/s1. The Kier molecular flexibility index (Phi) is 2.45. The van der Waals surface area contributed by atoms with Crippen LogP contribution in [0.5, 0.6) is 0 Å². The normalized spacial score (nSPS) is 13.5. The molecule has 1 heteroatoms. The Morgan fingerprint density at radius 2 is 1.40 bits per heavy atom. The molecule has 0 heterocycles. The average molecular weight is 259 g/mol. The van der Waals surface area contributed by atoms with Crippen LogP contribution < -0.4 is 5.73 Å². The van der Waals surface area contributed by atoms with Crippen LogP contribution in [0.2, 0.25) is 0 Å². The summed E-state index contributed by atoms with van der Waals surface area (Å²) in [6.07, 6.45) is 0.962. The first-order valence-corrected chi connectivity index (χ1v) is 7.21. The van der Waals surface area contributed by atoms with Gasteiger partial charge in [-0.1, -0.05) is 61.5 Å². The number of benzene rings is 4. The topological polar surface area (TPSA) is 26.0 Å². The van der Waals surface area contributed by atoms with Gasteiger partial charge in [0.2, 0.25) is 0 Å². The van der Waals surface area contributed by atoms with Gasteiger partial charge in [0.25, 0.3) is 0 Å². The predicted molar refractivity (Wildman–Crippen MR) is 87.4 cm³/mol. The summed E-state index contributed by atoms with van der Waals surface area (Å²) in [7, 11) is 0. The minimum Gasteiger partial charge on any atom is -0.324 e. The van der Waals surface area contributed by atoms with Crippen LogP contribution >= 0.6 is 0 Å². The van der Waals surface area contributed by atoms with E-state index in [0.717, 1.165) is 6.42 Å². The lowest BCUT2D eigenvalue weighted by Crippen LogP contribution is -2.09. The molecule has 0 aliphatic heterocycles. The Morgan fingerprint density at radius 1 is 0.800 bits per heavy atom. The first-order valence-electron chi connectivity index (χ1n) is 7.21. The minimum atomic E-state index is 0.111. The van der Waals surface area contributed by atoms with Gasteiger partial charge in [-0.3, -0.25) is 0 Å². The van der Waals surface area contributed by atoms with E-state index in [9.17, 15) is 0 Å². The molecular weight excluding hydrogens is 242 g/mol. The Hall–Kier alpha value is -2.12. The third kappa shape index (κ3) is 1.47. The first-order chi connectivity index (χ1) is 9.79. The fourth-order valence-corrected chi connectivity index (χ4v) is 3.30. The van der Waals surface area contributed by atoms with Crippen LogP contribution in [-0.4, -0.2) is 0 Å². The third-order valence-electron chi connectivity index (χ3n) is 4.40. The number of hydrogen-bond acceptors (Lipinski definition) is 1. The molecule has 0 saturated carbocycles. The van der Waals surface area contributed by atoms with Gasteiger partial charge in [0.15, 0.2) is 0 Å². The van der Waals surface area contributed by atoms with E-state index in [1.165, 1.54) is 37.9 Å². The van der Waals surface area contributed by atoms with E-state index in [4.69, 9.17) is 5.73 Å². The van der Waals surface area contributed by atoms with Crippen molar-refractivity contribution >= 4 is 32.3 Å². The van der Waals surface area contributed by atoms with E-state index in [-0.39, 0.29) is 6.04 Å². The highest BCUT2D eigenvalue weighted by Gasteiger charge is 2.13. The molecule has 4 rings (SSSR count). The SMILES string of the molecule is CC[C@H](N)c1ccc2ccc3cccc4ccc1c2c34. The highest BCUT2D eigenvalue weighted by atomic mass is 14.6. The lowest BCUT2D eigenvalue weighted by Gasteiger charge is -2.17. The monoisotopic (exact) mass is 259 g/mol. The van der Waals surface area contributed by atoms with Crippen molar-refractivity contribution in [2.75, 3.05) is 0 Å². The van der Waals surface area contributed by atoms with Gasteiger partial charge in [-0.2, -0.15) is 0 Å². The van der Waals surface area contributed by atoms with Crippen LogP contribution in [0.1, 0.15) is 24.9 Å². The quantitative estimate of drug-likeness (QED) is 0.504. The van der Waals surface area contributed by atoms with Crippen molar-refractivity contribution in [1.29, 1.82) is 0 Å². The summed E-state index contributed by atoms with van der Waals surface area (Å²) in [5, 5.41) is 7.96. The van der Waals surface area contributed by atoms with E-state index in [1.54, 1.807) is 0 Å². The summed E-state index contributed by atoms with van der Waals surface area (Å²) in [5.74, 6) is 0. The second kappa shape index (κ2) is 4.19. The minimum absolute atomic E-state index is 0.111. The highest BCUT2D eigenvalue weighted by molar-refractivity contribution is 6.23. The zero-order valence-corrected chi connectivity index (χ0v) is 11.6. The zero-order chi connectivity index (χ0) is 13.7. The lowest BCUT2D eigenvalue weighted by atomic mass is 9.89. The van der Waals surface area contributed by atoms with E-state index in [2.05, 4.69) is 61.5 Å². The smallest absolute Gasteiger partial charge is 0.0298 e. The fraction of sp³-hybridized carbons (Fsp3) is 0.158. The molecule has 20 heavy (non-hydrogen) atoms. The van der Waals surface area contributed by atoms with Crippen LogP contribution in [0.15, 0.2) is 54.6 Å². The molecule has 98 valence electrons. The van der Waals surface area contributed by atoms with Gasteiger partial charge in [0, 0.05) is 6.04 Å². The molecule has 0 saturated heterocycles. The molecule has 0 radical (unpaired) electrons. The van der Waals surface area contributed by atoms with Crippen molar-refractivity contribution < 1.29 is 0 Å². The van der Waals surface area contributed by atoms with Crippen LogP contribution in [0, 0.1) is 0 Å². The van der Waals surface area contributed by atoms with Crippen LogP contribution in [0.4, 0.5) is 0 Å². The number of rotatable bonds is 2. The Labute approximate surface area is 118 Å². The maximum atomic E-state index is 6.29. The summed E-state index contributed by atoms with van der Waals surface area (Å²) in [4.78, 5) is 0. The van der Waals surface area contributed by atoms with Gasteiger partial charge < -0.3 is 5.73 Å². The molecule has 0 spiro atoms. The van der Waals surface area contributed by atoms with Crippen molar-refractivity contribution in [2.45, 2.75) is 19.4 Å². The van der Waals surface area contributed by atoms with Crippen molar-refractivity contribution in [2.24, 2.45) is 5.73 Å². The van der Waals surface area contributed by atoms with Gasteiger partial charge in [-0.05, 0) is 44.3 Å². The molecule has 1 nitrogen and oxygen atoms in total. The second-order valence-corrected chi connectivity index (χ2v) is 5.53. The van der Waals surface area contributed by atoms with Crippen LogP contribution in [0.25, 0.3) is 32.3 Å². The van der Waals surface area contributed by atoms with Gasteiger partial charge in [-0.15, -0.1) is 0 Å². The van der Waals surface area contributed by atoms with Gasteiger partial charge in [0.05, 0.1) is 0 Å². The van der Waals surface area contributed by atoms with Crippen molar-refractivity contribution in [1.82, 2.24) is 0 Å². The molecule has 0 unspecified atom stereocenters. The molecule has 1 atom stereocenters. The molecule has 4 aromatic carbocycles. The molecule has 4 aromatic rings. The van der Waals surface area contributed by atoms with E-state index in [0.29, 0.717) is 0 Å². The number of nitrogens with two attached hydrogens (primary N) is 1. The molecule has 0 aliphatic carbocycles. The molecule has 0 aromatic heterocycles. The fourth-order valence-electron chi connectivity index (χ4n) is 3.30. The van der Waals surface area contributed by atoms with E-state index < -0.39 is 0 Å². The Bertz CT molecular complexity index is 892. The van der Waals surface area contributed by atoms with Crippen molar-refractivity contribution in [3.63, 3.8) is 0 Å². The third-order valence-corrected chi connectivity index (χ3v) is 4.40. The van der Waals surface area contributed by atoms with E-state index in [1.807, 2.05) is 0 Å². The molecule has 2 N–H and O–H groups in total. The van der Waals surface area contributed by atoms with Crippen LogP contribution in [-0.2, 0) is 0 Å². The molecular formula is C19H17N. The average Bonchev–Trinajstić information content (AvgIpc) is 2.51. The predicted octanol–water partition coefficient (Wildman–Crippen LogP) is 4.99. The van der Waals surface area contributed by atoms with Gasteiger partial charge >= 0.3 is 0 Å². The van der Waals surface area contributed by atoms with Gasteiger partial charge in [0.1, 0.15) is 0 Å². The first kappa shape index (κ1) is 11.7. The summed E-state index contributed by atoms with van der Waals surface area (Å²) in [6.45, 7) is 2.14. The summed E-state index contributed by atoms with van der Waals surface area (Å²) in [5.41, 5.74) is 7.55. The van der Waals surface area contributed by atoms with Gasteiger partial charge in [-0.25, -0.2) is 0 Å². The largest absolute Gasteiger partial charge is 0.324 e.